The van der Waals surface area contributed by atoms with E-state index in [1.165, 1.54) is 38.5 Å². The van der Waals surface area contributed by atoms with Gasteiger partial charge >= 0.3 is 6.11 Å². The highest BCUT2D eigenvalue weighted by Crippen LogP contribution is 2.43. The van der Waals surface area contributed by atoms with E-state index in [1.807, 2.05) is 0 Å². The van der Waals surface area contributed by atoms with E-state index in [1.54, 1.807) is 6.92 Å². The van der Waals surface area contributed by atoms with Crippen molar-refractivity contribution in [1.82, 2.24) is 0 Å². The van der Waals surface area contributed by atoms with Crippen LogP contribution in [0.5, 0.6) is 11.5 Å². The molecule has 0 aliphatic heterocycles. The van der Waals surface area contributed by atoms with Crippen molar-refractivity contribution in [2.45, 2.75) is 97.0 Å². The van der Waals surface area contributed by atoms with E-state index >= 15 is 0 Å². The number of ether oxygens (including phenoxy) is 2. The fourth-order valence-corrected chi connectivity index (χ4v) is 5.75. The third-order valence-corrected chi connectivity index (χ3v) is 7.56. The first-order chi connectivity index (χ1) is 15.3. The summed E-state index contributed by atoms with van der Waals surface area (Å²) in [6.45, 7) is 4.03. The summed E-state index contributed by atoms with van der Waals surface area (Å²) in [5.74, 6) is -1.12. The van der Waals surface area contributed by atoms with Crippen LogP contribution in [0.25, 0.3) is 0 Å². The van der Waals surface area contributed by atoms with Crippen molar-refractivity contribution < 1.29 is 27.0 Å². The molecule has 6 heteroatoms. The molecule has 2 aliphatic carbocycles. The Balaban J connectivity index is 1.43. The number of hydrogen-bond acceptors (Lipinski definition) is 2. The van der Waals surface area contributed by atoms with Crippen molar-refractivity contribution >= 4 is 0 Å². The molecule has 1 aromatic rings. The quantitative estimate of drug-likeness (QED) is 0.327. The van der Waals surface area contributed by atoms with Gasteiger partial charge in [-0.3, -0.25) is 0 Å². The Morgan fingerprint density at radius 2 is 1.28 bits per heavy atom. The van der Waals surface area contributed by atoms with Gasteiger partial charge in [0.1, 0.15) is 0 Å². The molecule has 32 heavy (non-hydrogen) atoms. The van der Waals surface area contributed by atoms with Crippen molar-refractivity contribution in [3.63, 3.8) is 0 Å². The van der Waals surface area contributed by atoms with Crippen LogP contribution in [0.3, 0.4) is 0 Å². The van der Waals surface area contributed by atoms with Gasteiger partial charge in [-0.25, -0.2) is 0 Å². The Morgan fingerprint density at radius 1 is 0.781 bits per heavy atom. The van der Waals surface area contributed by atoms with Gasteiger partial charge < -0.3 is 9.47 Å². The molecule has 0 atom stereocenters. The largest absolute Gasteiger partial charge is 0.491 e. The lowest BCUT2D eigenvalue weighted by atomic mass is 9.68. The molecule has 2 nitrogen and oxygen atoms in total. The monoisotopic (exact) mass is 458 g/mol. The van der Waals surface area contributed by atoms with Crippen LogP contribution in [0.15, 0.2) is 12.1 Å². The molecule has 2 aliphatic rings. The summed E-state index contributed by atoms with van der Waals surface area (Å²) in [4.78, 5) is 0. The first-order valence-corrected chi connectivity index (χ1v) is 12.5. The van der Waals surface area contributed by atoms with Crippen molar-refractivity contribution in [3.05, 3.63) is 23.8 Å². The molecule has 0 unspecified atom stereocenters. The van der Waals surface area contributed by atoms with Crippen LogP contribution in [0.4, 0.5) is 17.6 Å². The lowest BCUT2D eigenvalue weighted by Crippen LogP contribution is -2.28. The molecule has 2 fully saturated rings. The van der Waals surface area contributed by atoms with Gasteiger partial charge in [-0.05, 0) is 74.8 Å². The summed E-state index contributed by atoms with van der Waals surface area (Å²) in [7, 11) is 0. The minimum absolute atomic E-state index is 0.148. The number of benzene rings is 1. The Kier molecular flexibility index (Phi) is 9.13. The average molecular weight is 459 g/mol. The van der Waals surface area contributed by atoms with Gasteiger partial charge in [0.05, 0.1) is 13.0 Å². The molecule has 2 saturated carbocycles. The summed E-state index contributed by atoms with van der Waals surface area (Å²) in [6, 6.07) is 2.11. The predicted octanol–water partition coefficient (Wildman–Crippen LogP) is 8.53. The number of hydrogen-bond donors (Lipinski definition) is 0. The van der Waals surface area contributed by atoms with Crippen LogP contribution >= 0.6 is 0 Å². The molecular weight excluding hydrogens is 420 g/mol. The zero-order valence-electron chi connectivity index (χ0n) is 19.5. The van der Waals surface area contributed by atoms with E-state index in [4.69, 9.17) is 4.74 Å². The van der Waals surface area contributed by atoms with Gasteiger partial charge in [0.15, 0.2) is 11.5 Å². The average Bonchev–Trinajstić information content (AvgIpc) is 2.79. The maximum absolute atomic E-state index is 14.3. The SMILES string of the molecule is CCCC1CCC(C2CCC(CCC(F)(F)Oc3ccc(OCC)c(F)c3F)CC2)CC1. The Bertz CT molecular complexity index is 708. The fourth-order valence-electron chi connectivity index (χ4n) is 5.75. The molecule has 182 valence electrons. The van der Waals surface area contributed by atoms with E-state index < -0.39 is 29.9 Å². The van der Waals surface area contributed by atoms with Crippen LogP contribution in [-0.2, 0) is 0 Å². The summed E-state index contributed by atoms with van der Waals surface area (Å²) >= 11 is 0. The maximum atomic E-state index is 14.3. The number of rotatable bonds is 10. The molecule has 0 aromatic heterocycles. The van der Waals surface area contributed by atoms with Crippen LogP contribution < -0.4 is 9.47 Å². The normalized spacial score (nSPS) is 26.7. The molecular formula is C26H38F4O2. The minimum Gasteiger partial charge on any atom is -0.491 e. The van der Waals surface area contributed by atoms with Crippen LogP contribution in [0.2, 0.25) is 0 Å². The molecule has 3 rings (SSSR count). The third-order valence-electron chi connectivity index (χ3n) is 7.56. The molecule has 0 radical (unpaired) electrons. The van der Waals surface area contributed by atoms with Crippen molar-refractivity contribution in [1.29, 1.82) is 0 Å². The zero-order valence-corrected chi connectivity index (χ0v) is 19.5. The van der Waals surface area contributed by atoms with Crippen molar-refractivity contribution in [3.8, 4) is 11.5 Å². The minimum atomic E-state index is -3.53. The van der Waals surface area contributed by atoms with Gasteiger partial charge in [-0.15, -0.1) is 0 Å². The zero-order chi connectivity index (χ0) is 23.1. The van der Waals surface area contributed by atoms with Crippen molar-refractivity contribution in [2.24, 2.45) is 23.7 Å². The van der Waals surface area contributed by atoms with E-state index in [2.05, 4.69) is 11.7 Å². The number of halogens is 4. The predicted molar refractivity (Wildman–Crippen MR) is 118 cm³/mol. The Morgan fingerprint density at radius 3 is 1.81 bits per heavy atom. The fraction of sp³-hybridized carbons (Fsp3) is 0.769. The smallest absolute Gasteiger partial charge is 0.397 e. The second-order valence-electron chi connectivity index (χ2n) is 9.75. The van der Waals surface area contributed by atoms with Gasteiger partial charge in [-0.2, -0.15) is 17.6 Å². The van der Waals surface area contributed by atoms with Gasteiger partial charge in [0.2, 0.25) is 11.6 Å². The molecule has 0 N–H and O–H groups in total. The molecule has 1 aromatic carbocycles. The molecule has 0 amide bonds. The lowest BCUT2D eigenvalue weighted by molar-refractivity contribution is -0.185. The first kappa shape index (κ1) is 25.2. The van der Waals surface area contributed by atoms with Gasteiger partial charge in [0.25, 0.3) is 0 Å². The number of alkyl halides is 2. The van der Waals surface area contributed by atoms with E-state index in [0.29, 0.717) is 6.42 Å². The van der Waals surface area contributed by atoms with E-state index in [9.17, 15) is 17.6 Å². The van der Waals surface area contributed by atoms with Gasteiger partial charge in [0, 0.05) is 0 Å². The standard InChI is InChI=1S/C26H38F4O2/c1-3-5-18-6-10-20(11-7-18)21-12-8-19(9-13-21)16-17-26(29,30)32-23-15-14-22(31-4-2)24(27)25(23)28/h14-15,18-21H,3-13,16-17H2,1-2H3. The van der Waals surface area contributed by atoms with E-state index in [-0.39, 0.29) is 18.3 Å². The summed E-state index contributed by atoms with van der Waals surface area (Å²) in [5.41, 5.74) is 0. The Hall–Kier alpha value is -1.46. The molecule has 0 heterocycles. The highest BCUT2D eigenvalue weighted by Gasteiger charge is 2.36. The van der Waals surface area contributed by atoms with Gasteiger partial charge in [-0.1, -0.05) is 45.4 Å². The second kappa shape index (κ2) is 11.6. The van der Waals surface area contributed by atoms with E-state index in [0.717, 1.165) is 55.6 Å². The summed E-state index contributed by atoms with van der Waals surface area (Å²) < 4.78 is 66.2. The molecule has 0 spiro atoms. The van der Waals surface area contributed by atoms with Crippen LogP contribution in [-0.4, -0.2) is 12.7 Å². The Labute approximate surface area is 190 Å². The summed E-state index contributed by atoms with van der Waals surface area (Å²) in [6.07, 6.45) is 8.50. The third kappa shape index (κ3) is 6.77. The topological polar surface area (TPSA) is 18.5 Å². The van der Waals surface area contributed by atoms with Crippen LogP contribution in [0.1, 0.15) is 90.9 Å². The second-order valence-corrected chi connectivity index (χ2v) is 9.75. The first-order valence-electron chi connectivity index (χ1n) is 12.5. The van der Waals surface area contributed by atoms with Crippen molar-refractivity contribution in [2.75, 3.05) is 6.61 Å². The molecule has 0 bridgehead atoms. The maximum Gasteiger partial charge on any atom is 0.397 e. The molecule has 0 saturated heterocycles. The summed E-state index contributed by atoms with van der Waals surface area (Å²) in [5, 5.41) is 0. The highest BCUT2D eigenvalue weighted by atomic mass is 19.3. The van der Waals surface area contributed by atoms with Crippen LogP contribution in [0, 0.1) is 35.3 Å². The highest BCUT2D eigenvalue weighted by molar-refractivity contribution is 5.35. The lowest BCUT2D eigenvalue weighted by Gasteiger charge is -2.38.